The van der Waals surface area contributed by atoms with Crippen molar-refractivity contribution in [1.29, 1.82) is 0 Å². The molecule has 1 fully saturated rings. The van der Waals surface area contributed by atoms with E-state index in [0.717, 1.165) is 0 Å². The molecule has 132 valence electrons. The first kappa shape index (κ1) is 17.2. The molecule has 1 aliphatic rings. The number of carbonyl (C=O) groups excluding carboxylic acids is 1. The van der Waals surface area contributed by atoms with Crippen LogP contribution >= 0.6 is 11.8 Å². The molecule has 0 spiro atoms. The number of thioether (sulfide) groups is 1. The van der Waals surface area contributed by atoms with Crippen LogP contribution in [0, 0.1) is 10.1 Å². The van der Waals surface area contributed by atoms with E-state index in [9.17, 15) is 14.9 Å². The molecule has 0 saturated carbocycles. The number of aryl methyl sites for hydroxylation is 1. The van der Waals surface area contributed by atoms with Gasteiger partial charge in [0, 0.05) is 39.3 Å². The van der Waals surface area contributed by atoms with Crippen LogP contribution in [-0.2, 0) is 11.8 Å². The highest BCUT2D eigenvalue weighted by Gasteiger charge is 2.25. The Morgan fingerprint density at radius 2 is 2.00 bits per heavy atom. The van der Waals surface area contributed by atoms with E-state index >= 15 is 0 Å². The Hall–Kier alpha value is -2.62. The summed E-state index contributed by atoms with van der Waals surface area (Å²) in [6.07, 6.45) is 1.60. The molecule has 1 aromatic carbocycles. The lowest BCUT2D eigenvalue weighted by atomic mass is 10.2. The molecule has 0 radical (unpaired) electrons. The second-order valence-corrected chi connectivity index (χ2v) is 6.57. The zero-order chi connectivity index (χ0) is 17.8. The second-order valence-electron chi connectivity index (χ2n) is 5.63. The largest absolute Gasteiger partial charge is 0.362 e. The summed E-state index contributed by atoms with van der Waals surface area (Å²) in [6, 6.07) is 6.70. The smallest absolute Gasteiger partial charge is 0.292 e. The number of carbonyl (C=O) groups is 1. The molecule has 0 bridgehead atoms. The molecule has 10 heteroatoms. The van der Waals surface area contributed by atoms with Gasteiger partial charge in [0.1, 0.15) is 12.0 Å². The fraction of sp³-hybridized carbons (Fsp3) is 0.400. The highest BCUT2D eigenvalue weighted by Crippen LogP contribution is 2.28. The zero-order valence-corrected chi connectivity index (χ0v) is 14.6. The molecule has 0 aliphatic carbocycles. The quantitative estimate of drug-likeness (QED) is 0.447. The van der Waals surface area contributed by atoms with Gasteiger partial charge in [0.15, 0.2) is 5.16 Å². The van der Waals surface area contributed by atoms with Crippen LogP contribution in [0.25, 0.3) is 0 Å². The highest BCUT2D eigenvalue weighted by atomic mass is 32.2. The van der Waals surface area contributed by atoms with Crippen molar-refractivity contribution in [1.82, 2.24) is 19.7 Å². The molecule has 1 aromatic heterocycles. The molecule has 0 atom stereocenters. The average Bonchev–Trinajstić information content (AvgIpc) is 3.04. The molecule has 1 aliphatic heterocycles. The van der Waals surface area contributed by atoms with Gasteiger partial charge in [-0.15, -0.1) is 10.2 Å². The summed E-state index contributed by atoms with van der Waals surface area (Å²) in [4.78, 5) is 26.9. The fourth-order valence-corrected chi connectivity index (χ4v) is 3.49. The van der Waals surface area contributed by atoms with E-state index < -0.39 is 0 Å². The van der Waals surface area contributed by atoms with Crippen LogP contribution in [0.4, 0.5) is 11.4 Å². The Bertz CT molecular complexity index is 772. The second kappa shape index (κ2) is 7.51. The lowest BCUT2D eigenvalue weighted by molar-refractivity contribution is -0.384. The standard InChI is InChI=1S/C15H18N6O3S/c1-18-11-16-17-15(18)25-10-14(22)20-8-6-19(7-9-20)12-4-2-3-5-13(12)21(23)24/h2-5,11H,6-10H2,1H3. The number of amides is 1. The minimum absolute atomic E-state index is 0.0372. The molecular formula is C15H18N6O3S. The summed E-state index contributed by atoms with van der Waals surface area (Å²) in [6.45, 7) is 2.24. The minimum Gasteiger partial charge on any atom is -0.362 e. The van der Waals surface area contributed by atoms with E-state index in [0.29, 0.717) is 42.8 Å². The topological polar surface area (TPSA) is 97.4 Å². The van der Waals surface area contributed by atoms with E-state index in [2.05, 4.69) is 10.2 Å². The van der Waals surface area contributed by atoms with Crippen LogP contribution in [0.2, 0.25) is 0 Å². The van der Waals surface area contributed by atoms with Crippen molar-refractivity contribution >= 4 is 29.0 Å². The Balaban J connectivity index is 1.56. The monoisotopic (exact) mass is 362 g/mol. The van der Waals surface area contributed by atoms with Crippen LogP contribution in [0.5, 0.6) is 0 Å². The molecule has 3 rings (SSSR count). The third-order valence-electron chi connectivity index (χ3n) is 4.05. The number of nitrogens with zero attached hydrogens (tertiary/aromatic N) is 6. The number of para-hydroxylation sites is 2. The number of hydrogen-bond acceptors (Lipinski definition) is 7. The SMILES string of the molecule is Cn1cnnc1SCC(=O)N1CCN(c2ccccc2[N+](=O)[O-])CC1. The minimum atomic E-state index is -0.371. The molecule has 1 saturated heterocycles. The van der Waals surface area contributed by atoms with Crippen LogP contribution in [-0.4, -0.2) is 62.4 Å². The summed E-state index contributed by atoms with van der Waals surface area (Å²) in [5, 5.41) is 19.6. The van der Waals surface area contributed by atoms with Crippen molar-refractivity contribution in [3.63, 3.8) is 0 Å². The van der Waals surface area contributed by atoms with E-state index in [4.69, 9.17) is 0 Å². The Morgan fingerprint density at radius 3 is 2.64 bits per heavy atom. The molecule has 0 unspecified atom stereocenters. The van der Waals surface area contributed by atoms with Gasteiger partial charge in [-0.1, -0.05) is 23.9 Å². The summed E-state index contributed by atoms with van der Waals surface area (Å²) < 4.78 is 1.77. The maximum absolute atomic E-state index is 12.3. The van der Waals surface area contributed by atoms with Gasteiger partial charge in [-0.05, 0) is 6.07 Å². The van der Waals surface area contributed by atoms with E-state index in [1.807, 2.05) is 11.9 Å². The number of benzene rings is 1. The van der Waals surface area contributed by atoms with Crippen molar-refractivity contribution < 1.29 is 9.72 Å². The Labute approximate surface area is 148 Å². The van der Waals surface area contributed by atoms with Crippen molar-refractivity contribution in [3.8, 4) is 0 Å². The summed E-state index contributed by atoms with van der Waals surface area (Å²) in [5.41, 5.74) is 0.702. The van der Waals surface area contributed by atoms with Crippen LogP contribution in [0.3, 0.4) is 0 Å². The van der Waals surface area contributed by atoms with Crippen molar-refractivity contribution in [2.45, 2.75) is 5.16 Å². The number of rotatable bonds is 5. The zero-order valence-electron chi connectivity index (χ0n) is 13.7. The first-order chi connectivity index (χ1) is 12.1. The Kier molecular flexibility index (Phi) is 5.17. The number of anilines is 1. The van der Waals surface area contributed by atoms with Crippen LogP contribution in [0.1, 0.15) is 0 Å². The Morgan fingerprint density at radius 1 is 1.28 bits per heavy atom. The third kappa shape index (κ3) is 3.90. The van der Waals surface area contributed by atoms with Gasteiger partial charge in [0.2, 0.25) is 5.91 Å². The van der Waals surface area contributed by atoms with Crippen molar-refractivity contribution in [2.75, 3.05) is 36.8 Å². The van der Waals surface area contributed by atoms with Crippen LogP contribution in [0.15, 0.2) is 35.7 Å². The van der Waals surface area contributed by atoms with Crippen LogP contribution < -0.4 is 4.90 Å². The molecule has 25 heavy (non-hydrogen) atoms. The van der Waals surface area contributed by atoms with Crippen molar-refractivity contribution in [2.24, 2.45) is 7.05 Å². The first-order valence-electron chi connectivity index (χ1n) is 7.79. The normalized spacial score (nSPS) is 14.6. The predicted molar refractivity (Wildman–Crippen MR) is 93.6 cm³/mol. The van der Waals surface area contributed by atoms with Gasteiger partial charge in [0.25, 0.3) is 5.69 Å². The molecule has 2 aromatic rings. The number of nitro benzene ring substituents is 1. The maximum atomic E-state index is 12.3. The first-order valence-corrected chi connectivity index (χ1v) is 8.78. The van der Waals surface area contributed by atoms with Gasteiger partial charge < -0.3 is 14.4 Å². The molecular weight excluding hydrogens is 344 g/mol. The number of piperazine rings is 1. The molecule has 2 heterocycles. The van der Waals surface area contributed by atoms with Gasteiger partial charge in [-0.3, -0.25) is 14.9 Å². The average molecular weight is 362 g/mol. The lowest BCUT2D eigenvalue weighted by Gasteiger charge is -2.35. The molecule has 9 nitrogen and oxygen atoms in total. The van der Waals surface area contributed by atoms with E-state index in [1.165, 1.54) is 17.8 Å². The van der Waals surface area contributed by atoms with Gasteiger partial charge in [-0.25, -0.2) is 0 Å². The number of nitro groups is 1. The maximum Gasteiger partial charge on any atom is 0.292 e. The lowest BCUT2D eigenvalue weighted by Crippen LogP contribution is -2.49. The predicted octanol–water partition coefficient (Wildman–Crippen LogP) is 1.16. The number of hydrogen-bond donors (Lipinski definition) is 0. The summed E-state index contributed by atoms with van der Waals surface area (Å²) >= 11 is 1.35. The van der Waals surface area contributed by atoms with E-state index in [1.54, 1.807) is 34.0 Å². The number of aromatic nitrogens is 3. The summed E-state index contributed by atoms with van der Waals surface area (Å²) in [5.74, 6) is 0.341. The van der Waals surface area contributed by atoms with Gasteiger partial charge in [-0.2, -0.15) is 0 Å². The molecule has 1 amide bonds. The van der Waals surface area contributed by atoms with Gasteiger partial charge in [0.05, 0.1) is 10.7 Å². The third-order valence-corrected chi connectivity index (χ3v) is 5.07. The van der Waals surface area contributed by atoms with Gasteiger partial charge >= 0.3 is 0 Å². The fourth-order valence-electron chi connectivity index (χ4n) is 2.70. The molecule has 0 N–H and O–H groups in total. The van der Waals surface area contributed by atoms with Crippen molar-refractivity contribution in [3.05, 3.63) is 40.7 Å². The highest BCUT2D eigenvalue weighted by molar-refractivity contribution is 7.99. The summed E-state index contributed by atoms with van der Waals surface area (Å²) in [7, 11) is 1.83. The van der Waals surface area contributed by atoms with E-state index in [-0.39, 0.29) is 16.5 Å².